The van der Waals surface area contributed by atoms with Crippen LogP contribution in [0.3, 0.4) is 0 Å². The fraction of sp³-hybridized carbons (Fsp3) is 0.556. The van der Waals surface area contributed by atoms with Gasteiger partial charge in [0.15, 0.2) is 0 Å². The zero-order chi connectivity index (χ0) is 8.10. The minimum absolute atomic E-state index is 1.07. The summed E-state index contributed by atoms with van der Waals surface area (Å²) < 4.78 is 0. The summed E-state index contributed by atoms with van der Waals surface area (Å²) in [5.74, 6) is 0. The van der Waals surface area contributed by atoms with Crippen molar-refractivity contribution in [2.45, 2.75) is 19.8 Å². The van der Waals surface area contributed by atoms with E-state index in [2.05, 4.69) is 29.8 Å². The van der Waals surface area contributed by atoms with Crippen molar-refractivity contribution < 1.29 is 0 Å². The predicted octanol–water partition coefficient (Wildman–Crippen LogP) is 1.38. The third-order valence-electron chi connectivity index (χ3n) is 1.92. The number of rotatable bonds is 3. The molecule has 1 aliphatic heterocycles. The highest BCUT2D eigenvalue weighted by Crippen LogP contribution is 2.17. The van der Waals surface area contributed by atoms with Crippen LogP contribution in [0.15, 0.2) is 23.5 Å². The lowest BCUT2D eigenvalue weighted by atomic mass is 10.1. The van der Waals surface area contributed by atoms with Gasteiger partial charge >= 0.3 is 0 Å². The van der Waals surface area contributed by atoms with E-state index < -0.39 is 0 Å². The third kappa shape index (κ3) is 2.39. The highest BCUT2D eigenvalue weighted by atomic mass is 14.9. The SMILES string of the molecule is C/C=C1\CC(CCNC)=CN1. The topological polar surface area (TPSA) is 24.1 Å². The quantitative estimate of drug-likeness (QED) is 0.638. The van der Waals surface area contributed by atoms with E-state index in [1.165, 1.54) is 11.3 Å². The van der Waals surface area contributed by atoms with Crippen molar-refractivity contribution in [2.75, 3.05) is 13.6 Å². The van der Waals surface area contributed by atoms with E-state index in [0.717, 1.165) is 19.4 Å². The fourth-order valence-electron chi connectivity index (χ4n) is 1.17. The summed E-state index contributed by atoms with van der Waals surface area (Å²) in [6.07, 6.45) is 6.51. The molecule has 0 saturated carbocycles. The molecule has 0 radical (unpaired) electrons. The van der Waals surface area contributed by atoms with Crippen molar-refractivity contribution in [2.24, 2.45) is 0 Å². The monoisotopic (exact) mass is 152 g/mol. The molecule has 62 valence electrons. The highest BCUT2D eigenvalue weighted by Gasteiger charge is 2.06. The Balaban J connectivity index is 2.28. The molecule has 0 aromatic heterocycles. The van der Waals surface area contributed by atoms with E-state index in [0.29, 0.717) is 0 Å². The molecule has 2 heteroatoms. The van der Waals surface area contributed by atoms with Crippen molar-refractivity contribution in [3.8, 4) is 0 Å². The zero-order valence-corrected chi connectivity index (χ0v) is 7.28. The van der Waals surface area contributed by atoms with Crippen LogP contribution in [0.2, 0.25) is 0 Å². The molecule has 0 atom stereocenters. The lowest BCUT2D eigenvalue weighted by Gasteiger charge is -1.98. The highest BCUT2D eigenvalue weighted by molar-refractivity contribution is 5.22. The maximum Gasteiger partial charge on any atom is 0.0145 e. The first kappa shape index (κ1) is 8.34. The Hall–Kier alpha value is -0.760. The van der Waals surface area contributed by atoms with Gasteiger partial charge < -0.3 is 10.6 Å². The molecule has 0 unspecified atom stereocenters. The second kappa shape index (κ2) is 4.19. The summed E-state index contributed by atoms with van der Waals surface area (Å²) in [7, 11) is 1.99. The summed E-state index contributed by atoms with van der Waals surface area (Å²) >= 11 is 0. The van der Waals surface area contributed by atoms with Crippen LogP contribution in [0.25, 0.3) is 0 Å². The minimum atomic E-state index is 1.07. The lowest BCUT2D eigenvalue weighted by molar-refractivity contribution is 0.777. The van der Waals surface area contributed by atoms with Gasteiger partial charge in [0.1, 0.15) is 0 Å². The molecule has 0 aromatic rings. The van der Waals surface area contributed by atoms with Crippen molar-refractivity contribution in [3.63, 3.8) is 0 Å². The number of nitrogens with one attached hydrogen (secondary N) is 2. The normalized spacial score (nSPS) is 20.2. The van der Waals surface area contributed by atoms with Crippen molar-refractivity contribution in [1.82, 2.24) is 10.6 Å². The Morgan fingerprint density at radius 2 is 2.55 bits per heavy atom. The van der Waals surface area contributed by atoms with Crippen LogP contribution >= 0.6 is 0 Å². The fourth-order valence-corrected chi connectivity index (χ4v) is 1.17. The van der Waals surface area contributed by atoms with Gasteiger partial charge in [-0.3, -0.25) is 0 Å². The molecule has 0 spiro atoms. The number of allylic oxidation sites excluding steroid dienone is 2. The molecule has 2 nitrogen and oxygen atoms in total. The van der Waals surface area contributed by atoms with Crippen LogP contribution in [0.5, 0.6) is 0 Å². The second-order valence-electron chi connectivity index (χ2n) is 2.79. The molecule has 1 aliphatic rings. The van der Waals surface area contributed by atoms with Gasteiger partial charge in [-0.2, -0.15) is 0 Å². The van der Waals surface area contributed by atoms with Gasteiger partial charge in [0.25, 0.3) is 0 Å². The summed E-state index contributed by atoms with van der Waals surface area (Å²) in [6, 6.07) is 0. The van der Waals surface area contributed by atoms with Gasteiger partial charge in [-0.05, 0) is 32.5 Å². The molecule has 2 N–H and O–H groups in total. The molecular weight excluding hydrogens is 136 g/mol. The average Bonchev–Trinajstić information content (AvgIpc) is 2.48. The van der Waals surface area contributed by atoms with Crippen LogP contribution in [-0.2, 0) is 0 Å². The molecule has 1 heterocycles. The summed E-state index contributed by atoms with van der Waals surface area (Å²) in [5, 5.41) is 6.38. The largest absolute Gasteiger partial charge is 0.365 e. The minimum Gasteiger partial charge on any atom is -0.365 e. The number of hydrogen-bond acceptors (Lipinski definition) is 2. The number of hydrogen-bond donors (Lipinski definition) is 2. The first-order valence-electron chi connectivity index (χ1n) is 4.11. The average molecular weight is 152 g/mol. The Labute approximate surface area is 68.4 Å². The maximum absolute atomic E-state index is 3.24. The van der Waals surface area contributed by atoms with Crippen LogP contribution in [0.4, 0.5) is 0 Å². The van der Waals surface area contributed by atoms with E-state index in [1.807, 2.05) is 7.05 Å². The lowest BCUT2D eigenvalue weighted by Crippen LogP contribution is -2.07. The summed E-state index contributed by atoms with van der Waals surface area (Å²) in [4.78, 5) is 0. The van der Waals surface area contributed by atoms with E-state index in [-0.39, 0.29) is 0 Å². The van der Waals surface area contributed by atoms with Crippen molar-refractivity contribution in [1.29, 1.82) is 0 Å². The zero-order valence-electron chi connectivity index (χ0n) is 7.28. The molecule has 1 rings (SSSR count). The Morgan fingerprint density at radius 1 is 1.73 bits per heavy atom. The van der Waals surface area contributed by atoms with E-state index >= 15 is 0 Å². The van der Waals surface area contributed by atoms with Gasteiger partial charge in [0.2, 0.25) is 0 Å². The second-order valence-corrected chi connectivity index (χ2v) is 2.79. The summed E-state index contributed by atoms with van der Waals surface area (Å²) in [6.45, 7) is 3.14. The molecular formula is C9H16N2. The first-order valence-corrected chi connectivity index (χ1v) is 4.11. The molecule has 0 fully saturated rings. The van der Waals surface area contributed by atoms with Gasteiger partial charge in [0.05, 0.1) is 0 Å². The Kier molecular flexibility index (Phi) is 3.17. The van der Waals surface area contributed by atoms with Crippen molar-refractivity contribution in [3.05, 3.63) is 23.5 Å². The molecule has 0 saturated heterocycles. The van der Waals surface area contributed by atoms with Crippen molar-refractivity contribution >= 4 is 0 Å². The standard InChI is InChI=1S/C9H16N2/c1-3-9-6-8(7-11-9)4-5-10-2/h3,7,10-11H,4-6H2,1-2H3/b9-3+. The molecule has 11 heavy (non-hydrogen) atoms. The molecule has 0 aliphatic carbocycles. The van der Waals surface area contributed by atoms with E-state index in [9.17, 15) is 0 Å². The third-order valence-corrected chi connectivity index (χ3v) is 1.92. The predicted molar refractivity (Wildman–Crippen MR) is 48.1 cm³/mol. The van der Waals surface area contributed by atoms with Gasteiger partial charge in [-0.15, -0.1) is 0 Å². The maximum atomic E-state index is 3.24. The summed E-state index contributed by atoms with van der Waals surface area (Å²) in [5.41, 5.74) is 2.82. The van der Waals surface area contributed by atoms with Crippen LogP contribution < -0.4 is 10.6 Å². The van der Waals surface area contributed by atoms with E-state index in [4.69, 9.17) is 0 Å². The first-order chi connectivity index (χ1) is 5.36. The van der Waals surface area contributed by atoms with Crippen LogP contribution in [0, 0.1) is 0 Å². The Bertz CT molecular complexity index is 180. The van der Waals surface area contributed by atoms with Gasteiger partial charge in [-0.1, -0.05) is 6.08 Å². The van der Waals surface area contributed by atoms with Crippen LogP contribution in [0.1, 0.15) is 19.8 Å². The van der Waals surface area contributed by atoms with E-state index in [1.54, 1.807) is 0 Å². The van der Waals surface area contributed by atoms with Gasteiger partial charge in [0, 0.05) is 18.3 Å². The molecule has 0 amide bonds. The molecule has 0 aromatic carbocycles. The molecule has 0 bridgehead atoms. The van der Waals surface area contributed by atoms with Crippen LogP contribution in [-0.4, -0.2) is 13.6 Å². The van der Waals surface area contributed by atoms with Gasteiger partial charge in [-0.25, -0.2) is 0 Å². The Morgan fingerprint density at radius 3 is 3.09 bits per heavy atom. The smallest absolute Gasteiger partial charge is 0.0145 e.